The molecule has 0 aromatic heterocycles. The maximum Gasteiger partial charge on any atom is 0.253 e. The Balaban J connectivity index is 1.70. The fourth-order valence-corrected chi connectivity index (χ4v) is 3.42. The van der Waals surface area contributed by atoms with Crippen molar-refractivity contribution >= 4 is 45.8 Å². The van der Waals surface area contributed by atoms with Crippen molar-refractivity contribution in [2.75, 3.05) is 7.11 Å². The van der Waals surface area contributed by atoms with Gasteiger partial charge in [-0.2, -0.15) is 0 Å². The van der Waals surface area contributed by atoms with Gasteiger partial charge < -0.3 is 15.4 Å². The van der Waals surface area contributed by atoms with Crippen molar-refractivity contribution in [3.8, 4) is 5.75 Å². The summed E-state index contributed by atoms with van der Waals surface area (Å²) in [5.41, 5.74) is 1.09. The smallest absolute Gasteiger partial charge is 0.253 e. The average Bonchev–Trinajstić information content (AvgIpc) is 2.73. The van der Waals surface area contributed by atoms with Gasteiger partial charge in [-0.3, -0.25) is 9.59 Å². The Kier molecular flexibility index (Phi) is 6.62. The van der Waals surface area contributed by atoms with Crippen LogP contribution in [0.15, 0.2) is 54.6 Å². The zero-order valence-electron chi connectivity index (χ0n) is 16.0. The Hall–Kier alpha value is -2.76. The topological polar surface area (TPSA) is 67.4 Å². The Morgan fingerprint density at radius 2 is 1.79 bits per heavy atom. The first-order valence-electron chi connectivity index (χ1n) is 8.99. The Labute approximate surface area is 179 Å². The molecule has 5 nitrogen and oxygen atoms in total. The van der Waals surface area contributed by atoms with Crippen LogP contribution in [0.2, 0.25) is 10.0 Å². The molecule has 0 saturated carbocycles. The lowest BCUT2D eigenvalue weighted by Gasteiger charge is -2.17. The van der Waals surface area contributed by atoms with Crippen LogP contribution in [0.4, 0.5) is 0 Å². The normalized spacial score (nSPS) is 11.7. The maximum absolute atomic E-state index is 12.5. The number of halogens is 2. The number of carbonyl (C=O) groups is 2. The number of amides is 2. The summed E-state index contributed by atoms with van der Waals surface area (Å²) >= 11 is 12.0. The first-order valence-corrected chi connectivity index (χ1v) is 9.75. The molecule has 3 aromatic rings. The molecule has 3 aromatic carbocycles. The van der Waals surface area contributed by atoms with Gasteiger partial charge >= 0.3 is 0 Å². The molecule has 0 aliphatic heterocycles. The van der Waals surface area contributed by atoms with E-state index in [4.69, 9.17) is 27.9 Å². The van der Waals surface area contributed by atoms with Crippen molar-refractivity contribution in [2.24, 2.45) is 0 Å². The van der Waals surface area contributed by atoms with Crippen molar-refractivity contribution in [2.45, 2.75) is 19.5 Å². The molecule has 0 radical (unpaired) electrons. The number of fused-ring (bicyclic) bond motifs is 1. The second-order valence-electron chi connectivity index (χ2n) is 6.48. The third-order valence-corrected chi connectivity index (χ3v) is 5.41. The van der Waals surface area contributed by atoms with Gasteiger partial charge in [-0.05, 0) is 35.9 Å². The van der Waals surface area contributed by atoms with E-state index in [0.29, 0.717) is 5.75 Å². The lowest BCUT2D eigenvalue weighted by atomic mass is 10.0. The highest BCUT2D eigenvalue weighted by Crippen LogP contribution is 2.28. The second-order valence-corrected chi connectivity index (χ2v) is 7.27. The van der Waals surface area contributed by atoms with Crippen LogP contribution >= 0.6 is 23.2 Å². The molecule has 0 saturated heterocycles. The van der Waals surface area contributed by atoms with Crippen molar-refractivity contribution in [1.29, 1.82) is 0 Å². The van der Waals surface area contributed by atoms with Gasteiger partial charge in [0.2, 0.25) is 5.91 Å². The zero-order valence-corrected chi connectivity index (χ0v) is 17.5. The Bertz CT molecular complexity index is 1070. The summed E-state index contributed by atoms with van der Waals surface area (Å²) in [7, 11) is 1.59. The third-order valence-electron chi connectivity index (χ3n) is 4.59. The van der Waals surface area contributed by atoms with E-state index in [-0.39, 0.29) is 28.1 Å². The molecule has 0 spiro atoms. The molecule has 7 heteroatoms. The van der Waals surface area contributed by atoms with Crippen molar-refractivity contribution < 1.29 is 14.3 Å². The molecule has 2 amide bonds. The fraction of sp³-hybridized carbons (Fsp3) is 0.182. The van der Waals surface area contributed by atoms with Crippen LogP contribution in [0, 0.1) is 0 Å². The molecule has 0 heterocycles. The number of ether oxygens (including phenoxy) is 1. The summed E-state index contributed by atoms with van der Waals surface area (Å²) in [6.45, 7) is 1.87. The standard InChI is InChI=1S/C22H20Cl2N2O3/c1-13(26-22(28)16-8-5-9-18(23)20(16)24)21(27)25-12-17-15-7-4-3-6-14(15)10-11-19(17)29-2/h3-11,13H,12H2,1-2H3,(H,25,27)(H,26,28). The van der Waals surface area contributed by atoms with E-state index < -0.39 is 11.9 Å². The van der Waals surface area contributed by atoms with E-state index in [1.54, 1.807) is 32.2 Å². The summed E-state index contributed by atoms with van der Waals surface area (Å²) in [5, 5.41) is 7.97. The molecule has 0 bridgehead atoms. The van der Waals surface area contributed by atoms with Crippen LogP contribution in [0.1, 0.15) is 22.8 Å². The zero-order chi connectivity index (χ0) is 21.0. The first-order chi connectivity index (χ1) is 13.9. The van der Waals surface area contributed by atoms with Crippen molar-refractivity contribution in [3.05, 3.63) is 75.8 Å². The van der Waals surface area contributed by atoms with Crippen LogP contribution in [0.3, 0.4) is 0 Å². The highest BCUT2D eigenvalue weighted by molar-refractivity contribution is 6.43. The number of hydrogen-bond acceptors (Lipinski definition) is 3. The molecule has 0 fully saturated rings. The second kappa shape index (κ2) is 9.16. The molecule has 3 rings (SSSR count). The van der Waals surface area contributed by atoms with Crippen molar-refractivity contribution in [1.82, 2.24) is 10.6 Å². The number of hydrogen-bond donors (Lipinski definition) is 2. The van der Waals surface area contributed by atoms with Gasteiger partial charge in [0.1, 0.15) is 11.8 Å². The largest absolute Gasteiger partial charge is 0.496 e. The number of methoxy groups -OCH3 is 1. The quantitative estimate of drug-likeness (QED) is 0.600. The molecule has 29 heavy (non-hydrogen) atoms. The van der Waals surface area contributed by atoms with Crippen LogP contribution in [0.25, 0.3) is 10.8 Å². The maximum atomic E-state index is 12.5. The average molecular weight is 431 g/mol. The van der Waals surface area contributed by atoms with Crippen LogP contribution in [-0.2, 0) is 11.3 Å². The van der Waals surface area contributed by atoms with Gasteiger partial charge in [0, 0.05) is 12.1 Å². The molecule has 0 aliphatic rings. The molecular weight excluding hydrogens is 411 g/mol. The summed E-state index contributed by atoms with van der Waals surface area (Å²) in [5.74, 6) is -0.110. The lowest BCUT2D eigenvalue weighted by molar-refractivity contribution is -0.122. The number of carbonyl (C=O) groups excluding carboxylic acids is 2. The van der Waals surface area contributed by atoms with E-state index in [0.717, 1.165) is 16.3 Å². The van der Waals surface area contributed by atoms with Gasteiger partial charge in [0.25, 0.3) is 5.91 Å². The number of benzene rings is 3. The van der Waals surface area contributed by atoms with Crippen LogP contribution < -0.4 is 15.4 Å². The predicted molar refractivity (Wildman–Crippen MR) is 116 cm³/mol. The van der Waals surface area contributed by atoms with Gasteiger partial charge in [0.05, 0.1) is 22.7 Å². The minimum absolute atomic E-state index is 0.153. The van der Waals surface area contributed by atoms with Gasteiger partial charge in [-0.15, -0.1) is 0 Å². The van der Waals surface area contributed by atoms with E-state index in [1.807, 2.05) is 36.4 Å². The summed E-state index contributed by atoms with van der Waals surface area (Å²) in [4.78, 5) is 25.0. The predicted octanol–water partition coefficient (Wildman–Crippen LogP) is 4.59. The first kappa shape index (κ1) is 21.0. The molecular formula is C22H20Cl2N2O3. The highest BCUT2D eigenvalue weighted by atomic mass is 35.5. The van der Waals surface area contributed by atoms with Crippen LogP contribution in [-0.4, -0.2) is 25.0 Å². The van der Waals surface area contributed by atoms with Gasteiger partial charge in [-0.1, -0.05) is 59.6 Å². The number of nitrogens with one attached hydrogen (secondary N) is 2. The molecule has 0 aliphatic carbocycles. The lowest BCUT2D eigenvalue weighted by Crippen LogP contribution is -2.44. The summed E-state index contributed by atoms with van der Waals surface area (Å²) < 4.78 is 5.44. The highest BCUT2D eigenvalue weighted by Gasteiger charge is 2.19. The number of rotatable bonds is 6. The van der Waals surface area contributed by atoms with E-state index in [9.17, 15) is 9.59 Å². The van der Waals surface area contributed by atoms with Crippen LogP contribution in [0.5, 0.6) is 5.75 Å². The Morgan fingerprint density at radius 3 is 2.55 bits per heavy atom. The van der Waals surface area contributed by atoms with E-state index >= 15 is 0 Å². The monoisotopic (exact) mass is 430 g/mol. The molecule has 1 atom stereocenters. The minimum atomic E-state index is -0.765. The molecule has 150 valence electrons. The SMILES string of the molecule is COc1ccc2ccccc2c1CNC(=O)C(C)NC(=O)c1cccc(Cl)c1Cl. The van der Waals surface area contributed by atoms with Crippen molar-refractivity contribution in [3.63, 3.8) is 0 Å². The summed E-state index contributed by atoms with van der Waals surface area (Å²) in [6.07, 6.45) is 0. The van der Waals surface area contributed by atoms with Gasteiger partial charge in [-0.25, -0.2) is 0 Å². The molecule has 2 N–H and O–H groups in total. The minimum Gasteiger partial charge on any atom is -0.496 e. The van der Waals surface area contributed by atoms with E-state index in [1.165, 1.54) is 0 Å². The fourth-order valence-electron chi connectivity index (χ4n) is 3.04. The van der Waals surface area contributed by atoms with Gasteiger partial charge in [0.15, 0.2) is 0 Å². The summed E-state index contributed by atoms with van der Waals surface area (Å²) in [6, 6.07) is 15.7. The Morgan fingerprint density at radius 1 is 1.03 bits per heavy atom. The third kappa shape index (κ3) is 4.63. The van der Waals surface area contributed by atoms with E-state index in [2.05, 4.69) is 10.6 Å². The molecule has 1 unspecified atom stereocenters.